The number of nitrogens with one attached hydrogen (secondary N) is 2. The summed E-state index contributed by atoms with van der Waals surface area (Å²) in [7, 11) is 0. The van der Waals surface area contributed by atoms with Gasteiger partial charge in [-0.25, -0.2) is 4.98 Å². The van der Waals surface area contributed by atoms with E-state index in [0.29, 0.717) is 11.6 Å². The molecule has 1 aliphatic carbocycles. The van der Waals surface area contributed by atoms with E-state index in [9.17, 15) is 4.79 Å². The number of rotatable bonds is 6. The fraction of sp³-hybridized carbons (Fsp3) is 0.647. The molecule has 2 N–H and O–H groups in total. The number of pyridine rings is 1. The summed E-state index contributed by atoms with van der Waals surface area (Å²) in [5, 5.41) is 6.38. The SMILES string of the molecule is CCCNc1cccc(C(=O)NC2CCC(CC)C2C)n1. The molecule has 1 heterocycles. The molecule has 4 heteroatoms. The first-order chi connectivity index (χ1) is 10.2. The molecule has 116 valence electrons. The van der Waals surface area contributed by atoms with E-state index in [1.165, 1.54) is 12.8 Å². The molecular weight excluding hydrogens is 262 g/mol. The van der Waals surface area contributed by atoms with Crippen LogP contribution < -0.4 is 10.6 Å². The van der Waals surface area contributed by atoms with Gasteiger partial charge < -0.3 is 10.6 Å². The lowest BCUT2D eigenvalue weighted by molar-refractivity contribution is 0.0921. The Kier molecular flexibility index (Phi) is 5.59. The van der Waals surface area contributed by atoms with E-state index in [1.807, 2.05) is 12.1 Å². The van der Waals surface area contributed by atoms with E-state index in [2.05, 4.69) is 36.4 Å². The molecule has 21 heavy (non-hydrogen) atoms. The molecule has 0 radical (unpaired) electrons. The van der Waals surface area contributed by atoms with Gasteiger partial charge in [0, 0.05) is 12.6 Å². The summed E-state index contributed by atoms with van der Waals surface area (Å²) >= 11 is 0. The molecule has 0 bridgehead atoms. The normalized spacial score (nSPS) is 24.8. The number of nitrogens with zero attached hydrogens (tertiary/aromatic N) is 1. The average molecular weight is 289 g/mol. The lowest BCUT2D eigenvalue weighted by Gasteiger charge is -2.20. The maximum Gasteiger partial charge on any atom is 0.270 e. The minimum Gasteiger partial charge on any atom is -0.370 e. The van der Waals surface area contributed by atoms with E-state index in [4.69, 9.17) is 0 Å². The molecular formula is C17H27N3O. The molecule has 0 aliphatic heterocycles. The Labute approximate surface area is 127 Å². The largest absolute Gasteiger partial charge is 0.370 e. The lowest BCUT2D eigenvalue weighted by Crippen LogP contribution is -2.38. The molecule has 3 unspecified atom stereocenters. The highest BCUT2D eigenvalue weighted by molar-refractivity contribution is 5.92. The molecule has 1 fully saturated rings. The van der Waals surface area contributed by atoms with Gasteiger partial charge in [-0.05, 0) is 43.2 Å². The van der Waals surface area contributed by atoms with E-state index in [-0.39, 0.29) is 11.9 Å². The van der Waals surface area contributed by atoms with Crippen LogP contribution in [-0.4, -0.2) is 23.5 Å². The molecule has 0 saturated heterocycles. The Balaban J connectivity index is 1.97. The Morgan fingerprint density at radius 2 is 2.14 bits per heavy atom. The zero-order chi connectivity index (χ0) is 15.2. The third kappa shape index (κ3) is 3.96. The summed E-state index contributed by atoms with van der Waals surface area (Å²) in [6, 6.07) is 5.85. The summed E-state index contributed by atoms with van der Waals surface area (Å²) in [5.74, 6) is 2.01. The predicted octanol–water partition coefficient (Wildman–Crippen LogP) is 3.46. The van der Waals surface area contributed by atoms with Crippen LogP contribution in [0.15, 0.2) is 18.2 Å². The fourth-order valence-corrected chi connectivity index (χ4v) is 3.18. The van der Waals surface area contributed by atoms with Crippen LogP contribution in [0.3, 0.4) is 0 Å². The monoisotopic (exact) mass is 289 g/mol. The van der Waals surface area contributed by atoms with Crippen LogP contribution in [0.2, 0.25) is 0 Å². The van der Waals surface area contributed by atoms with Crippen molar-refractivity contribution < 1.29 is 4.79 Å². The number of hydrogen-bond donors (Lipinski definition) is 2. The highest BCUT2D eigenvalue weighted by atomic mass is 16.1. The second kappa shape index (κ2) is 7.43. The van der Waals surface area contributed by atoms with Crippen LogP contribution in [0.25, 0.3) is 0 Å². The van der Waals surface area contributed by atoms with Crippen molar-refractivity contribution in [3.05, 3.63) is 23.9 Å². The fourth-order valence-electron chi connectivity index (χ4n) is 3.18. The quantitative estimate of drug-likeness (QED) is 0.843. The third-order valence-corrected chi connectivity index (χ3v) is 4.61. The molecule has 4 nitrogen and oxygen atoms in total. The van der Waals surface area contributed by atoms with Crippen LogP contribution in [0, 0.1) is 11.8 Å². The van der Waals surface area contributed by atoms with Crippen LogP contribution in [0.4, 0.5) is 5.82 Å². The Morgan fingerprint density at radius 1 is 1.33 bits per heavy atom. The minimum atomic E-state index is -0.0521. The molecule has 1 amide bonds. The van der Waals surface area contributed by atoms with Gasteiger partial charge in [-0.2, -0.15) is 0 Å². The molecule has 0 aromatic carbocycles. The van der Waals surface area contributed by atoms with Crippen LogP contribution in [-0.2, 0) is 0 Å². The Morgan fingerprint density at radius 3 is 2.81 bits per heavy atom. The second-order valence-electron chi connectivity index (χ2n) is 6.02. The van der Waals surface area contributed by atoms with Gasteiger partial charge in [-0.1, -0.05) is 33.3 Å². The minimum absolute atomic E-state index is 0.0521. The third-order valence-electron chi connectivity index (χ3n) is 4.61. The molecule has 0 spiro atoms. The van der Waals surface area contributed by atoms with Gasteiger partial charge in [0.1, 0.15) is 11.5 Å². The maximum absolute atomic E-state index is 12.4. The van der Waals surface area contributed by atoms with Crippen molar-refractivity contribution in [3.8, 4) is 0 Å². The first-order valence-corrected chi connectivity index (χ1v) is 8.17. The zero-order valence-corrected chi connectivity index (χ0v) is 13.4. The van der Waals surface area contributed by atoms with Crippen LogP contribution in [0.5, 0.6) is 0 Å². The molecule has 1 aromatic heterocycles. The van der Waals surface area contributed by atoms with E-state index < -0.39 is 0 Å². The number of anilines is 1. The summed E-state index contributed by atoms with van der Waals surface area (Å²) in [6.45, 7) is 7.46. The highest BCUT2D eigenvalue weighted by Gasteiger charge is 2.32. The maximum atomic E-state index is 12.4. The lowest BCUT2D eigenvalue weighted by atomic mass is 9.93. The smallest absolute Gasteiger partial charge is 0.270 e. The molecule has 2 rings (SSSR count). The Hall–Kier alpha value is -1.58. The standard InChI is InChI=1S/C17H27N3O/c1-4-11-18-16-8-6-7-15(19-16)17(21)20-14-10-9-13(5-2)12(14)3/h6-8,12-14H,4-5,9-11H2,1-3H3,(H,18,19)(H,20,21). The van der Waals surface area contributed by atoms with Gasteiger partial charge in [0.05, 0.1) is 0 Å². The molecule has 1 aromatic rings. The highest BCUT2D eigenvalue weighted by Crippen LogP contribution is 2.33. The molecule has 1 saturated carbocycles. The number of carbonyl (C=O) groups is 1. The number of hydrogen-bond acceptors (Lipinski definition) is 3. The van der Waals surface area contributed by atoms with Gasteiger partial charge in [-0.3, -0.25) is 4.79 Å². The van der Waals surface area contributed by atoms with Crippen LogP contribution in [0.1, 0.15) is 56.9 Å². The van der Waals surface area contributed by atoms with Gasteiger partial charge in [0.2, 0.25) is 0 Å². The summed E-state index contributed by atoms with van der Waals surface area (Å²) in [4.78, 5) is 16.8. The topological polar surface area (TPSA) is 54.0 Å². The average Bonchev–Trinajstić information content (AvgIpc) is 2.86. The number of amides is 1. The van der Waals surface area contributed by atoms with Crippen LogP contribution >= 0.6 is 0 Å². The van der Waals surface area contributed by atoms with Crippen molar-refractivity contribution in [2.24, 2.45) is 11.8 Å². The van der Waals surface area contributed by atoms with E-state index >= 15 is 0 Å². The van der Waals surface area contributed by atoms with Crippen molar-refractivity contribution in [3.63, 3.8) is 0 Å². The summed E-state index contributed by atoms with van der Waals surface area (Å²) < 4.78 is 0. The van der Waals surface area contributed by atoms with Gasteiger partial charge in [0.15, 0.2) is 0 Å². The van der Waals surface area contributed by atoms with E-state index in [1.54, 1.807) is 6.07 Å². The van der Waals surface area contributed by atoms with Crippen molar-refractivity contribution >= 4 is 11.7 Å². The first-order valence-electron chi connectivity index (χ1n) is 8.17. The molecule has 1 aliphatic rings. The predicted molar refractivity (Wildman–Crippen MR) is 86.5 cm³/mol. The second-order valence-corrected chi connectivity index (χ2v) is 6.02. The van der Waals surface area contributed by atoms with E-state index in [0.717, 1.165) is 31.1 Å². The van der Waals surface area contributed by atoms with Crippen molar-refractivity contribution in [1.29, 1.82) is 0 Å². The van der Waals surface area contributed by atoms with Crippen molar-refractivity contribution in [2.45, 2.75) is 52.5 Å². The van der Waals surface area contributed by atoms with Crippen molar-refractivity contribution in [2.75, 3.05) is 11.9 Å². The number of carbonyl (C=O) groups excluding carboxylic acids is 1. The van der Waals surface area contributed by atoms with Gasteiger partial charge >= 0.3 is 0 Å². The summed E-state index contributed by atoms with van der Waals surface area (Å²) in [6.07, 6.45) is 4.53. The van der Waals surface area contributed by atoms with Gasteiger partial charge in [0.25, 0.3) is 5.91 Å². The van der Waals surface area contributed by atoms with Gasteiger partial charge in [-0.15, -0.1) is 0 Å². The summed E-state index contributed by atoms with van der Waals surface area (Å²) in [5.41, 5.74) is 0.503. The Bertz CT molecular complexity index is 475. The zero-order valence-electron chi connectivity index (χ0n) is 13.4. The molecule has 3 atom stereocenters. The first kappa shape index (κ1) is 15.8. The van der Waals surface area contributed by atoms with Crippen molar-refractivity contribution in [1.82, 2.24) is 10.3 Å². The number of aromatic nitrogens is 1.